The predicted molar refractivity (Wildman–Crippen MR) is 50.7 cm³/mol. The van der Waals surface area contributed by atoms with Crippen molar-refractivity contribution in [2.45, 2.75) is 18.9 Å². The Morgan fingerprint density at radius 2 is 2.29 bits per heavy atom. The predicted octanol–water partition coefficient (Wildman–Crippen LogP) is -0.630. The third-order valence-electron chi connectivity index (χ3n) is 2.54. The molecule has 0 bridgehead atoms. The number of likely N-dealkylation sites (N-methyl/N-ethyl adjacent to an activating group) is 1. The van der Waals surface area contributed by atoms with Gasteiger partial charge in [-0.05, 0) is 26.4 Å². The topological polar surface area (TPSA) is 58.6 Å². The Kier molecular flexibility index (Phi) is 3.88. The van der Waals surface area contributed by atoms with Crippen molar-refractivity contribution in [2.75, 3.05) is 27.2 Å². The van der Waals surface area contributed by atoms with Crippen molar-refractivity contribution in [2.24, 2.45) is 0 Å². The van der Waals surface area contributed by atoms with E-state index >= 15 is 0 Å². The van der Waals surface area contributed by atoms with E-state index in [2.05, 4.69) is 15.0 Å². The largest absolute Gasteiger partial charge is 0.462 e. The summed E-state index contributed by atoms with van der Waals surface area (Å²) in [6, 6.07) is 0.351. The van der Waals surface area contributed by atoms with Crippen LogP contribution in [-0.2, 0) is 14.3 Å². The highest BCUT2D eigenvalue weighted by Crippen LogP contribution is 2.13. The number of hydrogen-bond acceptors (Lipinski definition) is 4. The first-order valence-electron chi connectivity index (χ1n) is 4.71. The molecule has 0 spiro atoms. The number of rotatable bonds is 2. The molecule has 5 heteroatoms. The van der Waals surface area contributed by atoms with Crippen molar-refractivity contribution < 1.29 is 14.3 Å². The molecule has 0 aromatic heterocycles. The first-order valence-corrected chi connectivity index (χ1v) is 4.71. The second-order valence-electron chi connectivity index (χ2n) is 3.48. The number of nitrogens with zero attached hydrogens (tertiary/aromatic N) is 1. The van der Waals surface area contributed by atoms with E-state index in [4.69, 9.17) is 0 Å². The molecule has 1 aliphatic heterocycles. The summed E-state index contributed by atoms with van der Waals surface area (Å²) >= 11 is 0. The number of methoxy groups -OCH3 is 1. The van der Waals surface area contributed by atoms with Gasteiger partial charge in [0.1, 0.15) is 0 Å². The zero-order chi connectivity index (χ0) is 10.6. The van der Waals surface area contributed by atoms with Crippen LogP contribution in [0.5, 0.6) is 0 Å². The Labute approximate surface area is 83.4 Å². The number of carbonyl (C=O) groups is 2. The van der Waals surface area contributed by atoms with Crippen LogP contribution < -0.4 is 5.32 Å². The molecule has 0 saturated carbocycles. The summed E-state index contributed by atoms with van der Waals surface area (Å²) in [7, 11) is 3.21. The van der Waals surface area contributed by atoms with E-state index in [1.165, 1.54) is 7.11 Å². The van der Waals surface area contributed by atoms with Crippen molar-refractivity contribution in [3.8, 4) is 0 Å². The molecule has 5 nitrogen and oxygen atoms in total. The van der Waals surface area contributed by atoms with Gasteiger partial charge in [0, 0.05) is 12.6 Å². The van der Waals surface area contributed by atoms with Crippen molar-refractivity contribution in [3.63, 3.8) is 0 Å². The summed E-state index contributed by atoms with van der Waals surface area (Å²) in [5, 5.41) is 2.55. The lowest BCUT2D eigenvalue weighted by atomic mass is 10.2. The number of amides is 1. The molecule has 1 amide bonds. The standard InChI is InChI=1S/C9H16N2O3/c1-11-5-3-4-7(11)6-10-8(12)9(13)14-2/h7H,3-6H2,1-2H3,(H,10,12). The molecular formula is C9H16N2O3. The summed E-state index contributed by atoms with van der Waals surface area (Å²) in [5.41, 5.74) is 0. The van der Waals surface area contributed by atoms with Gasteiger partial charge in [-0.3, -0.25) is 4.79 Å². The lowest BCUT2D eigenvalue weighted by Gasteiger charge is -2.19. The highest BCUT2D eigenvalue weighted by Gasteiger charge is 2.22. The van der Waals surface area contributed by atoms with Gasteiger partial charge in [-0.1, -0.05) is 0 Å². The number of carbonyl (C=O) groups excluding carboxylic acids is 2. The van der Waals surface area contributed by atoms with Gasteiger partial charge in [-0.15, -0.1) is 0 Å². The quantitative estimate of drug-likeness (QED) is 0.476. The highest BCUT2D eigenvalue weighted by atomic mass is 16.5. The Hall–Kier alpha value is -1.10. The Morgan fingerprint density at radius 1 is 1.57 bits per heavy atom. The van der Waals surface area contributed by atoms with Crippen LogP contribution in [0, 0.1) is 0 Å². The smallest absolute Gasteiger partial charge is 0.396 e. The summed E-state index contributed by atoms with van der Waals surface area (Å²) in [6.07, 6.45) is 2.22. The van der Waals surface area contributed by atoms with E-state index in [1.54, 1.807) is 0 Å². The van der Waals surface area contributed by atoms with Gasteiger partial charge < -0.3 is 15.0 Å². The van der Waals surface area contributed by atoms with Crippen LogP contribution in [0.1, 0.15) is 12.8 Å². The second kappa shape index (κ2) is 4.95. The van der Waals surface area contributed by atoms with Crippen molar-refractivity contribution in [1.29, 1.82) is 0 Å². The third kappa shape index (κ3) is 2.70. The molecule has 1 atom stereocenters. The molecule has 0 aromatic carbocycles. The lowest BCUT2D eigenvalue weighted by Crippen LogP contribution is -2.41. The summed E-state index contributed by atoms with van der Waals surface area (Å²) in [4.78, 5) is 24.0. The zero-order valence-electron chi connectivity index (χ0n) is 8.58. The summed E-state index contributed by atoms with van der Waals surface area (Å²) in [6.45, 7) is 1.57. The van der Waals surface area contributed by atoms with E-state index in [9.17, 15) is 9.59 Å². The van der Waals surface area contributed by atoms with Crippen LogP contribution in [0.4, 0.5) is 0 Å². The SMILES string of the molecule is COC(=O)C(=O)NCC1CCCN1C. The van der Waals surface area contributed by atoms with Gasteiger partial charge in [0.15, 0.2) is 0 Å². The van der Waals surface area contributed by atoms with Crippen LogP contribution in [0.25, 0.3) is 0 Å². The van der Waals surface area contributed by atoms with Crippen LogP contribution in [0.3, 0.4) is 0 Å². The minimum atomic E-state index is -0.828. The highest BCUT2D eigenvalue weighted by molar-refractivity contribution is 6.32. The maximum atomic E-state index is 11.0. The molecule has 0 aliphatic carbocycles. The fourth-order valence-electron chi connectivity index (χ4n) is 1.61. The number of nitrogens with one attached hydrogen (secondary N) is 1. The van der Waals surface area contributed by atoms with Gasteiger partial charge in [-0.25, -0.2) is 4.79 Å². The fourth-order valence-corrected chi connectivity index (χ4v) is 1.61. The van der Waals surface area contributed by atoms with Crippen molar-refractivity contribution in [1.82, 2.24) is 10.2 Å². The van der Waals surface area contributed by atoms with E-state index < -0.39 is 11.9 Å². The maximum Gasteiger partial charge on any atom is 0.396 e. The Balaban J connectivity index is 2.26. The van der Waals surface area contributed by atoms with Gasteiger partial charge in [0.05, 0.1) is 7.11 Å². The van der Waals surface area contributed by atoms with Crippen molar-refractivity contribution >= 4 is 11.9 Å². The average Bonchev–Trinajstić information content (AvgIpc) is 2.59. The molecule has 1 unspecified atom stereocenters. The maximum absolute atomic E-state index is 11.0. The minimum Gasteiger partial charge on any atom is -0.462 e. The number of hydrogen-bond donors (Lipinski definition) is 1. The molecule has 14 heavy (non-hydrogen) atoms. The molecule has 80 valence electrons. The van der Waals surface area contributed by atoms with Gasteiger partial charge in [0.2, 0.25) is 0 Å². The first-order chi connectivity index (χ1) is 6.65. The van der Waals surface area contributed by atoms with E-state index in [1.807, 2.05) is 7.05 Å². The molecule has 1 heterocycles. The van der Waals surface area contributed by atoms with Gasteiger partial charge in [0.25, 0.3) is 0 Å². The lowest BCUT2D eigenvalue weighted by molar-refractivity contribution is -0.152. The molecule has 0 aromatic rings. The number of likely N-dealkylation sites (tertiary alicyclic amines) is 1. The normalized spacial score (nSPS) is 22.0. The molecular weight excluding hydrogens is 184 g/mol. The van der Waals surface area contributed by atoms with E-state index in [0.29, 0.717) is 12.6 Å². The summed E-state index contributed by atoms with van der Waals surface area (Å²) < 4.78 is 4.29. The zero-order valence-corrected chi connectivity index (χ0v) is 8.58. The molecule has 1 saturated heterocycles. The molecule has 1 fully saturated rings. The number of ether oxygens (including phenoxy) is 1. The van der Waals surface area contributed by atoms with Crippen molar-refractivity contribution in [3.05, 3.63) is 0 Å². The Morgan fingerprint density at radius 3 is 2.79 bits per heavy atom. The van der Waals surface area contributed by atoms with E-state index in [0.717, 1.165) is 19.4 Å². The van der Waals surface area contributed by atoms with E-state index in [-0.39, 0.29) is 0 Å². The molecule has 1 aliphatic rings. The molecule has 1 rings (SSSR count). The second-order valence-corrected chi connectivity index (χ2v) is 3.48. The summed E-state index contributed by atoms with van der Waals surface area (Å²) in [5.74, 6) is -1.49. The monoisotopic (exact) mass is 200 g/mol. The number of esters is 1. The molecule has 1 N–H and O–H groups in total. The van der Waals surface area contributed by atoms with Crippen LogP contribution >= 0.6 is 0 Å². The van der Waals surface area contributed by atoms with Crippen LogP contribution in [0.15, 0.2) is 0 Å². The van der Waals surface area contributed by atoms with Gasteiger partial charge >= 0.3 is 11.9 Å². The minimum absolute atomic E-state index is 0.351. The van der Waals surface area contributed by atoms with Crippen LogP contribution in [-0.4, -0.2) is 50.1 Å². The fraction of sp³-hybridized carbons (Fsp3) is 0.778. The third-order valence-corrected chi connectivity index (χ3v) is 2.54. The Bertz CT molecular complexity index is 230. The molecule has 0 radical (unpaired) electrons. The first kappa shape index (κ1) is 11.0. The van der Waals surface area contributed by atoms with Crippen LogP contribution in [0.2, 0.25) is 0 Å². The van der Waals surface area contributed by atoms with Gasteiger partial charge in [-0.2, -0.15) is 0 Å². The average molecular weight is 200 g/mol.